The van der Waals surface area contributed by atoms with Crippen molar-refractivity contribution in [2.45, 2.75) is 54.7 Å². The fourth-order valence-electron chi connectivity index (χ4n) is 5.21. The molecule has 0 aliphatic heterocycles. The molecule has 6 N–H and O–H groups in total. The van der Waals surface area contributed by atoms with Crippen LogP contribution in [0.15, 0.2) is 35.0 Å². The van der Waals surface area contributed by atoms with Gasteiger partial charge in [-0.3, -0.25) is 0 Å². The Bertz CT molecular complexity index is 869. The number of thiophene rings is 1. The third kappa shape index (κ3) is 1.95. The summed E-state index contributed by atoms with van der Waals surface area (Å²) in [6.07, 6.45) is -3.02. The number of hydrogen-bond donors (Lipinski definition) is 6. The van der Waals surface area contributed by atoms with Crippen LogP contribution in [-0.4, -0.2) is 66.3 Å². The quantitative estimate of drug-likeness (QED) is 0.441. The van der Waals surface area contributed by atoms with Crippen LogP contribution >= 0.6 is 11.3 Å². The van der Waals surface area contributed by atoms with E-state index in [4.69, 9.17) is 0 Å². The van der Waals surface area contributed by atoms with Crippen molar-refractivity contribution in [3.63, 3.8) is 0 Å². The lowest BCUT2D eigenvalue weighted by atomic mass is 9.30. The predicted molar refractivity (Wildman–Crippen MR) is 99.7 cm³/mol. The third-order valence-corrected chi connectivity index (χ3v) is 7.47. The first-order valence-electron chi connectivity index (χ1n) is 8.89. The monoisotopic (exact) mass is 392 g/mol. The Morgan fingerprint density at radius 1 is 1.07 bits per heavy atom. The topological polar surface area (TPSA) is 121 Å². The molecule has 0 radical (unpaired) electrons. The number of aryl methyl sites for hydroxylation is 2. The number of hydrogen-bond acceptors (Lipinski definition) is 7. The first-order valence-corrected chi connectivity index (χ1v) is 9.83. The van der Waals surface area contributed by atoms with Crippen LogP contribution < -0.4 is 0 Å². The maximum Gasteiger partial charge on any atom is 0.138 e. The van der Waals surface area contributed by atoms with E-state index < -0.39 is 47.5 Å². The zero-order valence-corrected chi connectivity index (χ0v) is 15.9. The van der Waals surface area contributed by atoms with E-state index >= 15 is 0 Å². The van der Waals surface area contributed by atoms with Crippen LogP contribution in [0, 0.1) is 13.8 Å². The van der Waals surface area contributed by atoms with Crippen molar-refractivity contribution in [3.8, 4) is 0 Å². The van der Waals surface area contributed by atoms with Crippen molar-refractivity contribution < 1.29 is 30.6 Å². The molecule has 0 amide bonds. The van der Waals surface area contributed by atoms with Crippen molar-refractivity contribution in [2.75, 3.05) is 6.61 Å². The largest absolute Gasteiger partial charge is 0.394 e. The molecule has 0 spiro atoms. The maximum absolute atomic E-state index is 11.4. The number of benzene rings is 1. The van der Waals surface area contributed by atoms with E-state index in [-0.39, 0.29) is 0 Å². The minimum atomic E-state index is -2.22. The number of aliphatic hydroxyl groups is 6. The van der Waals surface area contributed by atoms with Crippen LogP contribution in [0.1, 0.15) is 34.1 Å². The van der Waals surface area contributed by atoms with Gasteiger partial charge in [-0.2, -0.15) is 11.3 Å². The summed E-state index contributed by atoms with van der Waals surface area (Å²) in [4.78, 5) is 0. The van der Waals surface area contributed by atoms with Gasteiger partial charge in [-0.25, -0.2) is 0 Å². The van der Waals surface area contributed by atoms with Gasteiger partial charge >= 0.3 is 0 Å². The molecule has 7 atom stereocenters. The first-order chi connectivity index (χ1) is 12.7. The Morgan fingerprint density at radius 2 is 1.78 bits per heavy atom. The highest BCUT2D eigenvalue weighted by Crippen LogP contribution is 2.75. The second kappa shape index (κ2) is 5.84. The molecule has 1 heterocycles. The first kappa shape index (κ1) is 19.0. The lowest BCUT2D eigenvalue weighted by Crippen LogP contribution is -2.99. The van der Waals surface area contributed by atoms with Gasteiger partial charge < -0.3 is 30.6 Å². The van der Waals surface area contributed by atoms with E-state index in [9.17, 15) is 30.6 Å². The molecule has 3 unspecified atom stereocenters. The summed E-state index contributed by atoms with van der Waals surface area (Å²) in [5.41, 5.74) is -3.46. The minimum absolute atomic E-state index is 0.489. The Kier molecular flexibility index (Phi) is 4.11. The average Bonchev–Trinajstić information content (AvgIpc) is 3.17. The van der Waals surface area contributed by atoms with Crippen molar-refractivity contribution in [1.82, 2.24) is 0 Å². The van der Waals surface area contributed by atoms with Gasteiger partial charge in [-0.05, 0) is 52.9 Å². The van der Waals surface area contributed by atoms with Gasteiger partial charge in [-0.15, -0.1) is 0 Å². The summed E-state index contributed by atoms with van der Waals surface area (Å²) in [5, 5.41) is 68.3. The second-order valence-electron chi connectivity index (χ2n) is 7.87. The summed E-state index contributed by atoms with van der Waals surface area (Å²) >= 11 is 1.36. The van der Waals surface area contributed by atoms with Crippen molar-refractivity contribution in [2.24, 2.45) is 0 Å². The molecule has 2 saturated carbocycles. The second-order valence-corrected chi connectivity index (χ2v) is 8.65. The van der Waals surface area contributed by atoms with Gasteiger partial charge in [0.1, 0.15) is 22.9 Å². The minimum Gasteiger partial charge on any atom is -0.394 e. The fourth-order valence-corrected chi connectivity index (χ4v) is 5.91. The molecule has 2 aliphatic rings. The Hall–Kier alpha value is -1.32. The highest BCUT2D eigenvalue weighted by molar-refractivity contribution is 7.08. The summed E-state index contributed by atoms with van der Waals surface area (Å²) in [6.45, 7) is 3.01. The van der Waals surface area contributed by atoms with Gasteiger partial charge in [0, 0.05) is 5.92 Å². The summed E-state index contributed by atoms with van der Waals surface area (Å²) in [6, 6.07) is 6.98. The normalized spacial score (nSPS) is 41.4. The SMILES string of the molecule is Cc1ccc(C2[C@]3(O)C(O)C(c4ccsc4)[C@]3(O)[C@]2(O)[C@H](O)CO)cc1C. The van der Waals surface area contributed by atoms with Gasteiger partial charge in [0.2, 0.25) is 0 Å². The number of aliphatic hydroxyl groups excluding tert-OH is 3. The summed E-state index contributed by atoms with van der Waals surface area (Å²) < 4.78 is 0. The van der Waals surface area contributed by atoms with Crippen molar-refractivity contribution in [1.29, 1.82) is 0 Å². The average molecular weight is 392 g/mol. The van der Waals surface area contributed by atoms with E-state index in [1.165, 1.54) is 11.3 Å². The zero-order chi connectivity index (χ0) is 19.8. The van der Waals surface area contributed by atoms with Gasteiger partial charge in [0.25, 0.3) is 0 Å². The fraction of sp³-hybridized carbons (Fsp3) is 0.500. The molecule has 2 aromatic rings. The van der Waals surface area contributed by atoms with Crippen molar-refractivity contribution in [3.05, 3.63) is 57.3 Å². The molecule has 0 bridgehead atoms. The highest BCUT2D eigenvalue weighted by Gasteiger charge is 2.93. The Balaban J connectivity index is 1.87. The van der Waals surface area contributed by atoms with Gasteiger partial charge in [-0.1, -0.05) is 18.2 Å². The molecule has 1 aromatic heterocycles. The molecule has 0 saturated heterocycles. The van der Waals surface area contributed by atoms with E-state index in [0.717, 1.165) is 11.1 Å². The molecule has 7 heteroatoms. The third-order valence-electron chi connectivity index (χ3n) is 6.77. The lowest BCUT2D eigenvalue weighted by molar-refractivity contribution is -0.459. The number of fused-ring (bicyclic) bond motifs is 1. The van der Waals surface area contributed by atoms with Crippen LogP contribution in [-0.2, 0) is 0 Å². The molecule has 27 heavy (non-hydrogen) atoms. The predicted octanol–water partition coefficient (Wildman–Crippen LogP) is 0.167. The van der Waals surface area contributed by atoms with Gasteiger partial charge in [0.05, 0.1) is 18.6 Å². The lowest BCUT2D eigenvalue weighted by Gasteiger charge is -2.80. The standard InChI is InChI=1S/C20H24O6S/c1-10-3-4-12(7-11(10)2)16-18(24,14(22)8-21)20(26)15(13-5-6-27-9-13)17(23)19(16,20)25/h3-7,9,14-17,21-26H,8H2,1-2H3/t14-,15?,16?,17?,18+,19+,20+/m1/s1. The maximum atomic E-state index is 11.4. The van der Waals surface area contributed by atoms with Crippen LogP contribution in [0.25, 0.3) is 0 Å². The summed E-state index contributed by atoms with van der Waals surface area (Å²) in [7, 11) is 0. The van der Waals surface area contributed by atoms with Crippen LogP contribution in [0.3, 0.4) is 0 Å². The molecule has 2 fully saturated rings. The smallest absolute Gasteiger partial charge is 0.138 e. The highest BCUT2D eigenvalue weighted by atomic mass is 32.1. The summed E-state index contributed by atoms with van der Waals surface area (Å²) in [5.74, 6) is -2.12. The van der Waals surface area contributed by atoms with E-state index in [1.807, 2.05) is 19.9 Å². The molecular weight excluding hydrogens is 368 g/mol. The molecular formula is C20H24O6S. The van der Waals surface area contributed by atoms with E-state index in [0.29, 0.717) is 11.1 Å². The van der Waals surface area contributed by atoms with Crippen LogP contribution in [0.4, 0.5) is 0 Å². The Labute approximate surface area is 161 Å². The molecule has 2 aliphatic carbocycles. The number of rotatable bonds is 4. The molecule has 1 aromatic carbocycles. The van der Waals surface area contributed by atoms with Crippen LogP contribution in [0.5, 0.6) is 0 Å². The molecule has 4 rings (SSSR count). The van der Waals surface area contributed by atoms with Crippen LogP contribution in [0.2, 0.25) is 0 Å². The molecule has 6 nitrogen and oxygen atoms in total. The van der Waals surface area contributed by atoms with E-state index in [1.54, 1.807) is 29.0 Å². The molecule has 146 valence electrons. The van der Waals surface area contributed by atoms with Gasteiger partial charge in [0.15, 0.2) is 0 Å². The Morgan fingerprint density at radius 3 is 2.33 bits per heavy atom. The van der Waals surface area contributed by atoms with Crippen molar-refractivity contribution >= 4 is 11.3 Å². The zero-order valence-electron chi connectivity index (χ0n) is 15.1. The van der Waals surface area contributed by atoms with E-state index in [2.05, 4.69) is 0 Å².